The molecule has 0 bridgehead atoms. The highest BCUT2D eigenvalue weighted by atomic mass is 16.3. The first-order chi connectivity index (χ1) is 18.0. The summed E-state index contributed by atoms with van der Waals surface area (Å²) >= 11 is 0. The van der Waals surface area contributed by atoms with Crippen LogP contribution < -0.4 is 20.4 Å². The number of phenolic OH excluding ortho intramolecular Hbond substituents is 1. The van der Waals surface area contributed by atoms with Gasteiger partial charge in [0.1, 0.15) is 5.75 Å². The zero-order valence-corrected chi connectivity index (χ0v) is 21.6. The first kappa shape index (κ1) is 24.8. The Morgan fingerprint density at radius 2 is 1.32 bits per heavy atom. The van der Waals surface area contributed by atoms with E-state index in [2.05, 4.69) is 20.4 Å². The topological polar surface area (TPSA) is 107 Å². The Balaban J connectivity index is 1.33. The summed E-state index contributed by atoms with van der Waals surface area (Å²) in [7, 11) is 0. The fourth-order valence-corrected chi connectivity index (χ4v) is 4.98. The van der Waals surface area contributed by atoms with Crippen molar-refractivity contribution in [3.05, 3.63) is 53.1 Å². The van der Waals surface area contributed by atoms with Gasteiger partial charge in [0.05, 0.1) is 5.56 Å². The highest BCUT2D eigenvalue weighted by molar-refractivity contribution is 6.06. The molecule has 3 N–H and O–H groups in total. The number of piperidine rings is 2. The summed E-state index contributed by atoms with van der Waals surface area (Å²) in [5.41, 5.74) is 3.31. The number of nitrogens with one attached hydrogen (secondary N) is 2. The summed E-state index contributed by atoms with van der Waals surface area (Å²) in [6, 6.07) is 10.9. The van der Waals surface area contributed by atoms with Gasteiger partial charge in [-0.15, -0.1) is 0 Å². The third-order valence-electron chi connectivity index (χ3n) is 6.98. The number of rotatable bonds is 6. The molecule has 0 atom stereocenters. The predicted octanol–water partition coefficient (Wildman–Crippen LogP) is 5.17. The van der Waals surface area contributed by atoms with Gasteiger partial charge in [-0.1, -0.05) is 6.07 Å². The Morgan fingerprint density at radius 1 is 0.784 bits per heavy atom. The Labute approximate surface area is 218 Å². The van der Waals surface area contributed by atoms with Crippen molar-refractivity contribution in [1.29, 1.82) is 0 Å². The van der Waals surface area contributed by atoms with Crippen LogP contribution in [0.5, 0.6) is 5.75 Å². The van der Waals surface area contributed by atoms with Gasteiger partial charge >= 0.3 is 0 Å². The number of phenols is 1. The smallest absolute Gasteiger partial charge is 0.259 e. The second kappa shape index (κ2) is 11.0. The van der Waals surface area contributed by atoms with Crippen molar-refractivity contribution >= 4 is 35.1 Å². The zero-order valence-electron chi connectivity index (χ0n) is 21.6. The SMILES string of the molecule is Cc1cc(C)c(O)c(C(=O)Nc2ccc(Nc3nc(N4CCCCC4)nc(N4CCCCC4)n3)cc2)c1. The molecule has 2 fully saturated rings. The lowest BCUT2D eigenvalue weighted by Gasteiger charge is -2.30. The normalized spacial score (nSPS) is 15.9. The van der Waals surface area contributed by atoms with Crippen LogP contribution >= 0.6 is 0 Å². The van der Waals surface area contributed by atoms with E-state index in [4.69, 9.17) is 15.0 Å². The monoisotopic (exact) mass is 501 g/mol. The van der Waals surface area contributed by atoms with E-state index in [0.717, 1.165) is 75.0 Å². The molecule has 9 heteroatoms. The van der Waals surface area contributed by atoms with E-state index in [1.807, 2.05) is 37.3 Å². The van der Waals surface area contributed by atoms with E-state index < -0.39 is 0 Å². The Kier molecular flexibility index (Phi) is 7.39. The summed E-state index contributed by atoms with van der Waals surface area (Å²) in [5.74, 6) is 1.64. The van der Waals surface area contributed by atoms with Crippen molar-refractivity contribution in [2.45, 2.75) is 52.4 Å². The highest BCUT2D eigenvalue weighted by Gasteiger charge is 2.20. The maximum atomic E-state index is 12.8. The maximum absolute atomic E-state index is 12.8. The average molecular weight is 502 g/mol. The fraction of sp³-hybridized carbons (Fsp3) is 0.429. The van der Waals surface area contributed by atoms with Crippen LogP contribution in [0.1, 0.15) is 60.0 Å². The minimum atomic E-state index is -0.347. The summed E-state index contributed by atoms with van der Waals surface area (Å²) < 4.78 is 0. The third-order valence-corrected chi connectivity index (χ3v) is 6.98. The quantitative estimate of drug-likeness (QED) is 0.425. The van der Waals surface area contributed by atoms with Gasteiger partial charge < -0.3 is 25.5 Å². The standard InChI is InChI=1S/C28H35N7O2/c1-19-17-20(2)24(36)23(18-19)25(37)29-21-9-11-22(12-10-21)30-26-31-27(34-13-5-3-6-14-34)33-28(32-26)35-15-7-4-8-16-35/h9-12,17-18,36H,3-8,13-16H2,1-2H3,(H,29,37)(H,30,31,32,33). The molecule has 0 spiro atoms. The molecule has 0 radical (unpaired) electrons. The lowest BCUT2D eigenvalue weighted by molar-refractivity contribution is 0.102. The molecule has 194 valence electrons. The van der Waals surface area contributed by atoms with Crippen molar-refractivity contribution in [1.82, 2.24) is 15.0 Å². The number of aromatic hydroxyl groups is 1. The van der Waals surface area contributed by atoms with Gasteiger partial charge in [-0.2, -0.15) is 15.0 Å². The van der Waals surface area contributed by atoms with Crippen molar-refractivity contribution in [2.24, 2.45) is 0 Å². The van der Waals surface area contributed by atoms with Gasteiger partial charge in [0, 0.05) is 37.6 Å². The van der Waals surface area contributed by atoms with Crippen LogP contribution in [-0.4, -0.2) is 52.1 Å². The van der Waals surface area contributed by atoms with Crippen LogP contribution in [-0.2, 0) is 0 Å². The van der Waals surface area contributed by atoms with Crippen LogP contribution in [0.15, 0.2) is 36.4 Å². The lowest BCUT2D eigenvalue weighted by atomic mass is 10.0. The van der Waals surface area contributed by atoms with Crippen LogP contribution in [0.3, 0.4) is 0 Å². The fourth-order valence-electron chi connectivity index (χ4n) is 4.98. The van der Waals surface area contributed by atoms with Crippen LogP contribution in [0, 0.1) is 13.8 Å². The van der Waals surface area contributed by atoms with Crippen LogP contribution in [0.4, 0.5) is 29.2 Å². The van der Waals surface area contributed by atoms with E-state index in [1.54, 1.807) is 13.0 Å². The summed E-state index contributed by atoms with van der Waals surface area (Å²) in [6.07, 6.45) is 7.11. The molecular weight excluding hydrogens is 466 g/mol. The molecule has 2 aromatic carbocycles. The van der Waals surface area contributed by atoms with Crippen molar-refractivity contribution in [3.63, 3.8) is 0 Å². The van der Waals surface area contributed by atoms with E-state index in [1.165, 1.54) is 12.8 Å². The molecule has 2 aliphatic rings. The van der Waals surface area contributed by atoms with E-state index in [9.17, 15) is 9.90 Å². The van der Waals surface area contributed by atoms with E-state index in [0.29, 0.717) is 17.2 Å². The average Bonchev–Trinajstić information content (AvgIpc) is 2.92. The summed E-state index contributed by atoms with van der Waals surface area (Å²) in [4.78, 5) is 31.6. The molecule has 2 saturated heterocycles. The second-order valence-corrected chi connectivity index (χ2v) is 9.99. The number of hydrogen-bond donors (Lipinski definition) is 3. The summed E-state index contributed by atoms with van der Waals surface area (Å²) in [6.45, 7) is 7.55. The van der Waals surface area contributed by atoms with Crippen LogP contribution in [0.25, 0.3) is 0 Å². The molecule has 2 aliphatic heterocycles. The molecule has 0 unspecified atom stereocenters. The molecule has 0 aliphatic carbocycles. The molecule has 3 heterocycles. The van der Waals surface area contributed by atoms with Crippen molar-refractivity contribution in [3.8, 4) is 5.75 Å². The van der Waals surface area contributed by atoms with Gasteiger partial charge in [0.15, 0.2) is 0 Å². The minimum Gasteiger partial charge on any atom is -0.507 e. The molecule has 1 amide bonds. The van der Waals surface area contributed by atoms with E-state index in [-0.39, 0.29) is 17.2 Å². The van der Waals surface area contributed by atoms with Gasteiger partial charge in [-0.05, 0) is 93.8 Å². The number of nitrogens with zero attached hydrogens (tertiary/aromatic N) is 5. The zero-order chi connectivity index (χ0) is 25.8. The second-order valence-electron chi connectivity index (χ2n) is 9.99. The molecule has 0 saturated carbocycles. The van der Waals surface area contributed by atoms with Crippen molar-refractivity contribution in [2.75, 3.05) is 46.6 Å². The number of carbonyl (C=O) groups excluding carboxylic acids is 1. The van der Waals surface area contributed by atoms with E-state index >= 15 is 0 Å². The van der Waals surface area contributed by atoms with Gasteiger partial charge in [0.2, 0.25) is 17.8 Å². The maximum Gasteiger partial charge on any atom is 0.259 e. The Morgan fingerprint density at radius 3 is 1.89 bits per heavy atom. The number of anilines is 5. The number of aromatic nitrogens is 3. The number of benzene rings is 2. The lowest BCUT2D eigenvalue weighted by Crippen LogP contribution is -2.34. The van der Waals surface area contributed by atoms with Gasteiger partial charge in [-0.25, -0.2) is 0 Å². The molecule has 3 aromatic rings. The van der Waals surface area contributed by atoms with Gasteiger partial charge in [-0.3, -0.25) is 4.79 Å². The third kappa shape index (κ3) is 5.93. The number of carbonyl (C=O) groups is 1. The molecule has 9 nitrogen and oxygen atoms in total. The van der Waals surface area contributed by atoms with Crippen LogP contribution in [0.2, 0.25) is 0 Å². The predicted molar refractivity (Wildman–Crippen MR) is 147 cm³/mol. The molecule has 1 aromatic heterocycles. The number of aryl methyl sites for hydroxylation is 2. The Hall–Kier alpha value is -3.88. The highest BCUT2D eigenvalue weighted by Crippen LogP contribution is 2.27. The molecular formula is C28H35N7O2. The minimum absolute atomic E-state index is 0.00485. The first-order valence-corrected chi connectivity index (χ1v) is 13.2. The van der Waals surface area contributed by atoms with Crippen molar-refractivity contribution < 1.29 is 9.90 Å². The Bertz CT molecular complexity index is 1210. The molecule has 5 rings (SSSR count). The molecule has 37 heavy (non-hydrogen) atoms. The van der Waals surface area contributed by atoms with Gasteiger partial charge in [0.25, 0.3) is 5.91 Å². The summed E-state index contributed by atoms with van der Waals surface area (Å²) in [5, 5.41) is 16.5. The number of hydrogen-bond acceptors (Lipinski definition) is 8. The first-order valence-electron chi connectivity index (χ1n) is 13.2. The largest absolute Gasteiger partial charge is 0.507 e. The number of amides is 1.